The van der Waals surface area contributed by atoms with Crippen molar-refractivity contribution >= 4 is 17.5 Å². The van der Waals surface area contributed by atoms with Crippen LogP contribution in [0.15, 0.2) is 42.5 Å². The molecule has 0 saturated carbocycles. The highest BCUT2D eigenvalue weighted by atomic mass is 35.5. The van der Waals surface area contributed by atoms with Gasteiger partial charge in [0.15, 0.2) is 0 Å². The highest BCUT2D eigenvalue weighted by molar-refractivity contribution is 6.30. The number of morpholine rings is 1. The number of benzene rings is 2. The van der Waals surface area contributed by atoms with Gasteiger partial charge in [0.2, 0.25) is 0 Å². The molecule has 0 bridgehead atoms. The zero-order valence-corrected chi connectivity index (χ0v) is 13.6. The molecule has 1 fully saturated rings. The minimum absolute atomic E-state index is 0.0827. The fourth-order valence-corrected chi connectivity index (χ4v) is 2.86. The van der Waals surface area contributed by atoms with Crippen LogP contribution in [0.1, 0.15) is 27.6 Å². The largest absolute Gasteiger partial charge is 0.508 e. The first-order valence-electron chi connectivity index (χ1n) is 7.51. The SMILES string of the molecule is Cc1c(O)cccc1C(=O)N1CCOC(c2ccc(Cl)cc2)C1. The highest BCUT2D eigenvalue weighted by Crippen LogP contribution is 2.26. The molecule has 1 aliphatic rings. The van der Waals surface area contributed by atoms with E-state index in [1.165, 1.54) is 0 Å². The number of phenolic OH excluding ortho intramolecular Hbond substituents is 1. The summed E-state index contributed by atoms with van der Waals surface area (Å²) in [6, 6.07) is 12.5. The quantitative estimate of drug-likeness (QED) is 0.915. The van der Waals surface area contributed by atoms with Crippen LogP contribution < -0.4 is 0 Å². The maximum absolute atomic E-state index is 12.7. The number of hydrogen-bond acceptors (Lipinski definition) is 3. The average molecular weight is 332 g/mol. The van der Waals surface area contributed by atoms with Crippen molar-refractivity contribution in [2.75, 3.05) is 19.7 Å². The van der Waals surface area contributed by atoms with Gasteiger partial charge in [-0.05, 0) is 36.8 Å². The lowest BCUT2D eigenvalue weighted by atomic mass is 10.0. The first kappa shape index (κ1) is 15.8. The molecular weight excluding hydrogens is 314 g/mol. The summed E-state index contributed by atoms with van der Waals surface area (Å²) in [5, 5.41) is 10.5. The monoisotopic (exact) mass is 331 g/mol. The maximum Gasteiger partial charge on any atom is 0.254 e. The van der Waals surface area contributed by atoms with Gasteiger partial charge in [-0.3, -0.25) is 4.79 Å². The van der Waals surface area contributed by atoms with Crippen LogP contribution in [-0.2, 0) is 4.74 Å². The summed E-state index contributed by atoms with van der Waals surface area (Å²) >= 11 is 5.91. The van der Waals surface area contributed by atoms with Gasteiger partial charge in [-0.1, -0.05) is 29.8 Å². The first-order chi connectivity index (χ1) is 11.1. The van der Waals surface area contributed by atoms with Gasteiger partial charge in [0.25, 0.3) is 5.91 Å². The fourth-order valence-electron chi connectivity index (χ4n) is 2.74. The van der Waals surface area contributed by atoms with Crippen LogP contribution in [0.5, 0.6) is 5.75 Å². The van der Waals surface area contributed by atoms with E-state index in [1.807, 2.05) is 24.3 Å². The third-order valence-electron chi connectivity index (χ3n) is 4.13. The number of hydrogen-bond donors (Lipinski definition) is 1. The first-order valence-corrected chi connectivity index (χ1v) is 7.89. The molecule has 0 aliphatic carbocycles. The normalized spacial score (nSPS) is 18.0. The molecule has 23 heavy (non-hydrogen) atoms. The molecule has 1 heterocycles. The Bertz CT molecular complexity index is 715. The van der Waals surface area contributed by atoms with E-state index in [0.717, 1.165) is 5.56 Å². The Morgan fingerprint density at radius 1 is 1.26 bits per heavy atom. The second-order valence-corrected chi connectivity index (χ2v) is 6.05. The van der Waals surface area contributed by atoms with Crippen molar-refractivity contribution in [1.29, 1.82) is 0 Å². The third-order valence-corrected chi connectivity index (χ3v) is 4.38. The number of rotatable bonds is 2. The molecule has 1 N–H and O–H groups in total. The van der Waals surface area contributed by atoms with Gasteiger partial charge >= 0.3 is 0 Å². The molecule has 2 aromatic rings. The Morgan fingerprint density at radius 2 is 2.00 bits per heavy atom. The highest BCUT2D eigenvalue weighted by Gasteiger charge is 2.27. The van der Waals surface area contributed by atoms with E-state index < -0.39 is 0 Å². The Kier molecular flexibility index (Phi) is 4.55. The molecular formula is C18H18ClNO3. The molecule has 0 spiro atoms. The van der Waals surface area contributed by atoms with E-state index in [1.54, 1.807) is 30.0 Å². The molecule has 3 rings (SSSR count). The Balaban J connectivity index is 1.79. The number of nitrogens with zero attached hydrogens (tertiary/aromatic N) is 1. The van der Waals surface area contributed by atoms with Crippen LogP contribution >= 0.6 is 11.6 Å². The summed E-state index contributed by atoms with van der Waals surface area (Å²) in [4.78, 5) is 14.5. The van der Waals surface area contributed by atoms with Crippen LogP contribution in [0.2, 0.25) is 5.02 Å². The number of halogens is 1. The number of phenols is 1. The second kappa shape index (κ2) is 6.60. The van der Waals surface area contributed by atoms with E-state index in [4.69, 9.17) is 16.3 Å². The number of carbonyl (C=O) groups is 1. The molecule has 120 valence electrons. The zero-order valence-electron chi connectivity index (χ0n) is 12.8. The lowest BCUT2D eigenvalue weighted by molar-refractivity contribution is -0.0228. The summed E-state index contributed by atoms with van der Waals surface area (Å²) in [7, 11) is 0. The summed E-state index contributed by atoms with van der Waals surface area (Å²) in [5.74, 6) is 0.0547. The number of carbonyl (C=O) groups excluding carboxylic acids is 1. The van der Waals surface area contributed by atoms with Crippen molar-refractivity contribution in [2.24, 2.45) is 0 Å². The van der Waals surface area contributed by atoms with Crippen LogP contribution in [0.4, 0.5) is 0 Å². The van der Waals surface area contributed by atoms with Crippen molar-refractivity contribution in [3.63, 3.8) is 0 Å². The van der Waals surface area contributed by atoms with E-state index in [9.17, 15) is 9.90 Å². The van der Waals surface area contributed by atoms with Crippen molar-refractivity contribution in [1.82, 2.24) is 4.90 Å². The van der Waals surface area contributed by atoms with E-state index in [-0.39, 0.29) is 17.8 Å². The predicted octanol–water partition coefficient (Wildman–Crippen LogP) is 3.57. The van der Waals surface area contributed by atoms with E-state index >= 15 is 0 Å². The van der Waals surface area contributed by atoms with Crippen molar-refractivity contribution in [3.8, 4) is 5.75 Å². The van der Waals surface area contributed by atoms with Crippen molar-refractivity contribution in [2.45, 2.75) is 13.0 Å². The Labute approximate surface area is 140 Å². The van der Waals surface area contributed by atoms with E-state index in [2.05, 4.69) is 0 Å². The Hall–Kier alpha value is -2.04. The van der Waals surface area contributed by atoms with Gasteiger partial charge < -0.3 is 14.7 Å². The summed E-state index contributed by atoms with van der Waals surface area (Å²) in [6.45, 7) is 3.25. The van der Waals surface area contributed by atoms with Crippen LogP contribution in [0.25, 0.3) is 0 Å². The third kappa shape index (κ3) is 3.33. The number of ether oxygens (including phenoxy) is 1. The van der Waals surface area contributed by atoms with Gasteiger partial charge in [-0.25, -0.2) is 0 Å². The van der Waals surface area contributed by atoms with Gasteiger partial charge in [-0.15, -0.1) is 0 Å². The lowest BCUT2D eigenvalue weighted by Crippen LogP contribution is -2.42. The van der Waals surface area contributed by atoms with Gasteiger partial charge in [0.05, 0.1) is 13.2 Å². The maximum atomic E-state index is 12.7. The van der Waals surface area contributed by atoms with Crippen molar-refractivity contribution < 1.29 is 14.6 Å². The van der Waals surface area contributed by atoms with Gasteiger partial charge in [-0.2, -0.15) is 0 Å². The summed E-state index contributed by atoms with van der Waals surface area (Å²) < 4.78 is 5.79. The number of amides is 1. The second-order valence-electron chi connectivity index (χ2n) is 5.61. The smallest absolute Gasteiger partial charge is 0.254 e. The van der Waals surface area contributed by atoms with Gasteiger partial charge in [0, 0.05) is 22.7 Å². The Morgan fingerprint density at radius 3 is 2.74 bits per heavy atom. The molecule has 1 atom stereocenters. The lowest BCUT2D eigenvalue weighted by Gasteiger charge is -2.33. The number of aromatic hydroxyl groups is 1. The topological polar surface area (TPSA) is 49.8 Å². The standard InChI is InChI=1S/C18H18ClNO3/c1-12-15(3-2-4-16(12)21)18(22)20-9-10-23-17(11-20)13-5-7-14(19)8-6-13/h2-8,17,21H,9-11H2,1H3. The van der Waals surface area contributed by atoms with Crippen LogP contribution in [0, 0.1) is 6.92 Å². The minimum atomic E-state index is -0.164. The summed E-state index contributed by atoms with van der Waals surface area (Å²) in [5.41, 5.74) is 2.13. The average Bonchev–Trinajstić information content (AvgIpc) is 2.57. The molecule has 1 amide bonds. The van der Waals surface area contributed by atoms with Crippen molar-refractivity contribution in [3.05, 3.63) is 64.2 Å². The molecule has 5 heteroatoms. The minimum Gasteiger partial charge on any atom is -0.508 e. The molecule has 1 unspecified atom stereocenters. The predicted molar refractivity (Wildman–Crippen MR) is 88.9 cm³/mol. The molecule has 2 aromatic carbocycles. The van der Waals surface area contributed by atoms with Gasteiger partial charge in [0.1, 0.15) is 11.9 Å². The molecule has 1 saturated heterocycles. The van der Waals surface area contributed by atoms with E-state index in [0.29, 0.717) is 35.8 Å². The van der Waals surface area contributed by atoms with Crippen LogP contribution in [-0.4, -0.2) is 35.6 Å². The summed E-state index contributed by atoms with van der Waals surface area (Å²) in [6.07, 6.45) is -0.164. The zero-order chi connectivity index (χ0) is 16.4. The molecule has 1 aliphatic heterocycles. The molecule has 4 nitrogen and oxygen atoms in total. The molecule has 0 aromatic heterocycles. The molecule has 0 radical (unpaired) electrons. The fraction of sp³-hybridized carbons (Fsp3) is 0.278. The van der Waals surface area contributed by atoms with Crippen LogP contribution in [0.3, 0.4) is 0 Å².